The van der Waals surface area contributed by atoms with Crippen LogP contribution in [0.5, 0.6) is 0 Å². The van der Waals surface area contributed by atoms with Gasteiger partial charge >= 0.3 is 0 Å². The molecule has 1 aromatic carbocycles. The summed E-state index contributed by atoms with van der Waals surface area (Å²) >= 11 is 0. The smallest absolute Gasteiger partial charge is 0.269 e. The molecule has 0 radical (unpaired) electrons. The van der Waals surface area contributed by atoms with Crippen molar-refractivity contribution in [2.24, 2.45) is 10.4 Å². The SMILES string of the molecule is CCCn1c(=NC(=O)C2(C#N)CCOCC2)n(CC)c2ccccc21. The van der Waals surface area contributed by atoms with Gasteiger partial charge in [0.05, 0.1) is 17.1 Å². The summed E-state index contributed by atoms with van der Waals surface area (Å²) in [5.41, 5.74) is 1.70. The molecule has 0 saturated carbocycles. The van der Waals surface area contributed by atoms with Crippen LogP contribution in [0.4, 0.5) is 0 Å². The molecule has 1 saturated heterocycles. The number of nitriles is 1. The molecule has 6 heteroatoms. The summed E-state index contributed by atoms with van der Waals surface area (Å²) in [7, 11) is 0. The van der Waals surface area contributed by atoms with Crippen LogP contribution in [0.25, 0.3) is 11.0 Å². The van der Waals surface area contributed by atoms with Crippen LogP contribution >= 0.6 is 0 Å². The molecule has 1 fully saturated rings. The third kappa shape index (κ3) is 3.00. The van der Waals surface area contributed by atoms with Crippen LogP contribution in [0.3, 0.4) is 0 Å². The molecule has 0 atom stereocenters. The fourth-order valence-corrected chi connectivity index (χ4v) is 3.45. The van der Waals surface area contributed by atoms with Gasteiger partial charge in [-0.05, 0) is 38.3 Å². The first-order chi connectivity index (χ1) is 12.2. The monoisotopic (exact) mass is 340 g/mol. The molecule has 0 N–H and O–H groups in total. The molecule has 132 valence electrons. The van der Waals surface area contributed by atoms with E-state index in [-0.39, 0.29) is 5.91 Å². The van der Waals surface area contributed by atoms with Crippen molar-refractivity contribution in [2.45, 2.75) is 46.2 Å². The third-order valence-corrected chi connectivity index (χ3v) is 4.88. The number of carbonyl (C=O) groups excluding carboxylic acids is 1. The number of imidazole rings is 1. The number of rotatable bonds is 4. The molecule has 1 amide bonds. The highest BCUT2D eigenvalue weighted by molar-refractivity contribution is 5.86. The Morgan fingerprint density at radius 1 is 1.24 bits per heavy atom. The molecule has 2 heterocycles. The third-order valence-electron chi connectivity index (χ3n) is 4.88. The topological polar surface area (TPSA) is 72.3 Å². The Labute approximate surface area is 147 Å². The van der Waals surface area contributed by atoms with Crippen LogP contribution in [0.15, 0.2) is 29.3 Å². The zero-order valence-electron chi connectivity index (χ0n) is 14.9. The molecule has 3 rings (SSSR count). The summed E-state index contributed by atoms with van der Waals surface area (Å²) in [6, 6.07) is 10.3. The maximum Gasteiger partial charge on any atom is 0.269 e. The van der Waals surface area contributed by atoms with Crippen molar-refractivity contribution in [3.63, 3.8) is 0 Å². The Morgan fingerprint density at radius 3 is 2.44 bits per heavy atom. The predicted octanol–water partition coefficient (Wildman–Crippen LogP) is 2.62. The van der Waals surface area contributed by atoms with Gasteiger partial charge in [0, 0.05) is 26.3 Å². The highest BCUT2D eigenvalue weighted by atomic mass is 16.5. The summed E-state index contributed by atoms with van der Waals surface area (Å²) in [5, 5.41) is 9.63. The lowest BCUT2D eigenvalue weighted by Crippen LogP contribution is -2.38. The standard InChI is InChI=1S/C19H24N4O2/c1-3-11-23-16-8-6-5-7-15(16)22(4-2)18(23)21-17(24)19(14-20)9-12-25-13-10-19/h5-8H,3-4,9-13H2,1-2H3. The summed E-state index contributed by atoms with van der Waals surface area (Å²) < 4.78 is 9.46. The first-order valence-corrected chi connectivity index (χ1v) is 8.93. The number of aromatic nitrogens is 2. The van der Waals surface area contributed by atoms with Gasteiger partial charge in [0.2, 0.25) is 5.62 Å². The van der Waals surface area contributed by atoms with Gasteiger partial charge in [-0.1, -0.05) is 19.1 Å². The molecule has 1 aliphatic rings. The van der Waals surface area contributed by atoms with Crippen LogP contribution in [0.1, 0.15) is 33.1 Å². The Hall–Kier alpha value is -2.39. The Balaban J connectivity index is 2.19. The van der Waals surface area contributed by atoms with Crippen LogP contribution in [-0.2, 0) is 22.6 Å². The number of aryl methyl sites for hydroxylation is 2. The summed E-state index contributed by atoms with van der Waals surface area (Å²) in [6.45, 7) is 6.50. The Kier molecular flexibility index (Phi) is 5.05. The van der Waals surface area contributed by atoms with E-state index >= 15 is 0 Å². The molecular weight excluding hydrogens is 316 g/mol. The van der Waals surface area contributed by atoms with Crippen molar-refractivity contribution in [3.8, 4) is 6.07 Å². The van der Waals surface area contributed by atoms with Gasteiger partial charge in [0.1, 0.15) is 5.41 Å². The fraction of sp³-hybridized carbons (Fsp3) is 0.526. The number of hydrogen-bond donors (Lipinski definition) is 0. The van der Waals surface area contributed by atoms with Crippen molar-refractivity contribution in [3.05, 3.63) is 29.9 Å². The van der Waals surface area contributed by atoms with Gasteiger partial charge in [0.15, 0.2) is 0 Å². The van der Waals surface area contributed by atoms with E-state index in [9.17, 15) is 10.1 Å². The number of nitrogens with zero attached hydrogens (tertiary/aromatic N) is 4. The van der Waals surface area contributed by atoms with Crippen LogP contribution in [0, 0.1) is 16.7 Å². The van der Waals surface area contributed by atoms with Crippen molar-refractivity contribution in [2.75, 3.05) is 13.2 Å². The van der Waals surface area contributed by atoms with Gasteiger partial charge in [-0.25, -0.2) is 0 Å². The number of benzene rings is 1. The minimum atomic E-state index is -1.06. The predicted molar refractivity (Wildman–Crippen MR) is 94.6 cm³/mol. The van der Waals surface area contributed by atoms with E-state index in [2.05, 4.69) is 28.6 Å². The van der Waals surface area contributed by atoms with Crippen LogP contribution in [-0.4, -0.2) is 28.3 Å². The minimum Gasteiger partial charge on any atom is -0.381 e. The zero-order valence-corrected chi connectivity index (χ0v) is 14.9. The van der Waals surface area contributed by atoms with Gasteiger partial charge in [-0.2, -0.15) is 10.3 Å². The lowest BCUT2D eigenvalue weighted by atomic mass is 9.81. The molecule has 6 nitrogen and oxygen atoms in total. The number of fused-ring (bicyclic) bond motifs is 1. The second-order valence-corrected chi connectivity index (χ2v) is 6.41. The maximum atomic E-state index is 13.0. The fourth-order valence-electron chi connectivity index (χ4n) is 3.45. The van der Waals surface area contributed by atoms with Crippen molar-refractivity contribution in [1.82, 2.24) is 9.13 Å². The number of para-hydroxylation sites is 2. The lowest BCUT2D eigenvalue weighted by Gasteiger charge is -2.26. The second-order valence-electron chi connectivity index (χ2n) is 6.41. The molecular formula is C19H24N4O2. The van der Waals surface area contributed by atoms with E-state index in [4.69, 9.17) is 4.74 Å². The number of amides is 1. The lowest BCUT2D eigenvalue weighted by molar-refractivity contribution is -0.129. The van der Waals surface area contributed by atoms with Crippen molar-refractivity contribution < 1.29 is 9.53 Å². The van der Waals surface area contributed by atoms with Crippen LogP contribution < -0.4 is 5.62 Å². The summed E-state index contributed by atoms with van der Waals surface area (Å²) in [4.78, 5) is 17.4. The van der Waals surface area contributed by atoms with E-state index in [1.54, 1.807) is 0 Å². The molecule has 25 heavy (non-hydrogen) atoms. The molecule has 0 spiro atoms. The van der Waals surface area contributed by atoms with Gasteiger partial charge < -0.3 is 13.9 Å². The molecule has 1 aliphatic heterocycles. The largest absolute Gasteiger partial charge is 0.381 e. The second kappa shape index (κ2) is 7.24. The first-order valence-electron chi connectivity index (χ1n) is 8.93. The van der Waals surface area contributed by atoms with Crippen molar-refractivity contribution in [1.29, 1.82) is 5.26 Å². The average Bonchev–Trinajstić information content (AvgIpc) is 2.95. The highest BCUT2D eigenvalue weighted by Crippen LogP contribution is 2.31. The Morgan fingerprint density at radius 2 is 1.88 bits per heavy atom. The first kappa shape index (κ1) is 17.4. The van der Waals surface area contributed by atoms with E-state index in [0.717, 1.165) is 24.0 Å². The summed E-state index contributed by atoms with van der Waals surface area (Å²) in [5.74, 6) is -0.347. The summed E-state index contributed by atoms with van der Waals surface area (Å²) in [6.07, 6.45) is 1.76. The van der Waals surface area contributed by atoms with E-state index in [0.29, 0.717) is 38.2 Å². The quantitative estimate of drug-likeness (QED) is 0.859. The van der Waals surface area contributed by atoms with Crippen molar-refractivity contribution >= 4 is 16.9 Å². The van der Waals surface area contributed by atoms with E-state index < -0.39 is 5.41 Å². The average molecular weight is 340 g/mol. The van der Waals surface area contributed by atoms with Crippen LogP contribution in [0.2, 0.25) is 0 Å². The normalized spacial score (nSPS) is 17.6. The molecule has 0 bridgehead atoms. The van der Waals surface area contributed by atoms with Gasteiger partial charge in [-0.3, -0.25) is 4.79 Å². The number of ether oxygens (including phenoxy) is 1. The number of carbonyl (C=O) groups is 1. The molecule has 0 unspecified atom stereocenters. The highest BCUT2D eigenvalue weighted by Gasteiger charge is 2.40. The molecule has 2 aromatic rings. The number of hydrogen-bond acceptors (Lipinski definition) is 3. The van der Waals surface area contributed by atoms with Gasteiger partial charge in [-0.15, -0.1) is 0 Å². The van der Waals surface area contributed by atoms with Gasteiger partial charge in [0.25, 0.3) is 5.91 Å². The van der Waals surface area contributed by atoms with E-state index in [1.807, 2.05) is 29.7 Å². The Bertz CT molecular complexity index is 879. The maximum absolute atomic E-state index is 13.0. The minimum absolute atomic E-state index is 0.347. The van der Waals surface area contributed by atoms with E-state index in [1.165, 1.54) is 0 Å². The molecule has 1 aromatic heterocycles. The zero-order chi connectivity index (χ0) is 17.9. The molecule has 0 aliphatic carbocycles.